The topological polar surface area (TPSA) is 59.1 Å². The molecule has 0 unspecified atom stereocenters. The lowest BCUT2D eigenvalue weighted by Gasteiger charge is -2.46. The molecule has 2 rings (SSSR count). The van der Waals surface area contributed by atoms with Crippen molar-refractivity contribution in [3.05, 3.63) is 0 Å². The molecule has 2 heterocycles. The van der Waals surface area contributed by atoms with E-state index in [2.05, 4.69) is 0 Å². The van der Waals surface area contributed by atoms with E-state index >= 15 is 0 Å². The van der Waals surface area contributed by atoms with Crippen molar-refractivity contribution in [2.75, 3.05) is 26.2 Å². The molecule has 2 saturated heterocycles. The maximum absolute atomic E-state index is 12.5. The molecule has 0 radical (unpaired) electrons. The predicted molar refractivity (Wildman–Crippen MR) is 73.7 cm³/mol. The zero-order valence-corrected chi connectivity index (χ0v) is 13.4. The van der Waals surface area contributed by atoms with Crippen molar-refractivity contribution in [1.82, 2.24) is 9.80 Å². The molecule has 2 aliphatic heterocycles. The number of fused-ring (bicyclic) bond motifs is 1. The summed E-state index contributed by atoms with van der Waals surface area (Å²) in [7, 11) is 0. The van der Waals surface area contributed by atoms with Crippen LogP contribution in [0.3, 0.4) is 0 Å². The van der Waals surface area contributed by atoms with E-state index in [9.17, 15) is 22.8 Å². The van der Waals surface area contributed by atoms with E-state index in [1.165, 1.54) is 4.90 Å². The average molecular weight is 338 g/mol. The number of piperidine rings is 1. The second-order valence-electron chi connectivity index (χ2n) is 6.69. The highest BCUT2D eigenvalue weighted by molar-refractivity contribution is 5.82. The van der Waals surface area contributed by atoms with Gasteiger partial charge in [0.15, 0.2) is 0 Å². The van der Waals surface area contributed by atoms with Gasteiger partial charge in [0.1, 0.15) is 5.60 Å². The summed E-state index contributed by atoms with van der Waals surface area (Å²) in [6, 6.07) is -0.379. The van der Waals surface area contributed by atoms with E-state index in [-0.39, 0.29) is 32.2 Å². The minimum atomic E-state index is -4.90. The maximum atomic E-state index is 12.5. The highest BCUT2D eigenvalue weighted by Gasteiger charge is 2.47. The normalized spacial score (nSPS) is 25.8. The van der Waals surface area contributed by atoms with Gasteiger partial charge in [-0.05, 0) is 27.2 Å². The second-order valence-corrected chi connectivity index (χ2v) is 6.69. The first-order valence-electron chi connectivity index (χ1n) is 7.46. The van der Waals surface area contributed by atoms with Crippen LogP contribution in [0.4, 0.5) is 18.0 Å². The molecule has 0 aromatic carbocycles. The summed E-state index contributed by atoms with van der Waals surface area (Å²) >= 11 is 0. The molecule has 0 aromatic rings. The van der Waals surface area contributed by atoms with Gasteiger partial charge in [0.25, 0.3) is 0 Å². The van der Waals surface area contributed by atoms with Crippen molar-refractivity contribution >= 4 is 12.0 Å². The molecule has 0 aromatic heterocycles. The van der Waals surface area contributed by atoms with Gasteiger partial charge >= 0.3 is 18.2 Å². The quantitative estimate of drug-likeness (QED) is 0.676. The van der Waals surface area contributed by atoms with Gasteiger partial charge in [0.2, 0.25) is 0 Å². The third-order valence-electron chi connectivity index (χ3n) is 3.75. The van der Waals surface area contributed by atoms with Crippen molar-refractivity contribution in [1.29, 1.82) is 0 Å². The second kappa shape index (κ2) is 6.18. The Bertz CT molecular complexity index is 476. The highest BCUT2D eigenvalue weighted by Crippen LogP contribution is 2.28. The summed E-state index contributed by atoms with van der Waals surface area (Å²) < 4.78 is 48.4. The molecular weight excluding hydrogens is 317 g/mol. The number of likely N-dealkylation sites (tertiary alicyclic amines) is 1. The zero-order valence-electron chi connectivity index (χ0n) is 13.4. The number of rotatable bonds is 0. The van der Waals surface area contributed by atoms with E-state index < -0.39 is 29.9 Å². The Morgan fingerprint density at radius 3 is 2.39 bits per heavy atom. The van der Waals surface area contributed by atoms with Crippen LogP contribution in [0.2, 0.25) is 0 Å². The van der Waals surface area contributed by atoms with E-state index in [4.69, 9.17) is 9.47 Å². The smallest absolute Gasteiger partial charge is 0.444 e. The first-order valence-corrected chi connectivity index (χ1v) is 7.46. The van der Waals surface area contributed by atoms with Crippen LogP contribution in [-0.2, 0) is 14.3 Å². The van der Waals surface area contributed by atoms with Gasteiger partial charge in [0.05, 0.1) is 18.8 Å². The number of ether oxygens (including phenoxy) is 2. The maximum Gasteiger partial charge on any atom is 0.471 e. The predicted octanol–water partition coefficient (Wildman–Crippen LogP) is 1.79. The summed E-state index contributed by atoms with van der Waals surface area (Å²) in [6.07, 6.45) is -5.80. The van der Waals surface area contributed by atoms with Crippen molar-refractivity contribution < 1.29 is 32.2 Å². The molecule has 132 valence electrons. The first-order chi connectivity index (χ1) is 10.5. The molecule has 0 N–H and O–H groups in total. The number of hydrogen-bond donors (Lipinski definition) is 0. The van der Waals surface area contributed by atoms with Gasteiger partial charge in [-0.25, -0.2) is 4.79 Å². The van der Waals surface area contributed by atoms with E-state index in [1.54, 1.807) is 20.8 Å². The van der Waals surface area contributed by atoms with Gasteiger partial charge in [-0.15, -0.1) is 0 Å². The Hall–Kier alpha value is -1.51. The van der Waals surface area contributed by atoms with Crippen molar-refractivity contribution in [2.24, 2.45) is 0 Å². The lowest BCUT2D eigenvalue weighted by molar-refractivity contribution is -0.192. The van der Waals surface area contributed by atoms with Crippen LogP contribution in [0.1, 0.15) is 27.2 Å². The lowest BCUT2D eigenvalue weighted by atomic mass is 9.98. The largest absolute Gasteiger partial charge is 0.471 e. The van der Waals surface area contributed by atoms with E-state index in [0.29, 0.717) is 6.54 Å². The monoisotopic (exact) mass is 338 g/mol. The number of nitrogens with zero attached hydrogens (tertiary/aromatic N) is 2. The Labute approximate surface area is 132 Å². The fourth-order valence-corrected chi connectivity index (χ4v) is 2.80. The minimum absolute atomic E-state index is 0.0673. The van der Waals surface area contributed by atoms with Gasteiger partial charge in [-0.1, -0.05) is 0 Å². The molecule has 0 aliphatic carbocycles. The van der Waals surface area contributed by atoms with Crippen LogP contribution in [0.5, 0.6) is 0 Å². The van der Waals surface area contributed by atoms with Gasteiger partial charge in [-0.2, -0.15) is 13.2 Å². The molecule has 2 aliphatic rings. The molecule has 2 amide bonds. The summed E-state index contributed by atoms with van der Waals surface area (Å²) in [5.74, 6) is -1.87. The van der Waals surface area contributed by atoms with Crippen LogP contribution in [0, 0.1) is 0 Å². The highest BCUT2D eigenvalue weighted by atomic mass is 19.4. The fourth-order valence-electron chi connectivity index (χ4n) is 2.80. The minimum Gasteiger partial charge on any atom is -0.444 e. The van der Waals surface area contributed by atoms with Crippen LogP contribution in [0.25, 0.3) is 0 Å². The van der Waals surface area contributed by atoms with E-state index in [1.807, 2.05) is 0 Å². The lowest BCUT2D eigenvalue weighted by Crippen LogP contribution is -2.62. The molecular formula is C14H21F3N2O4. The number of alkyl halides is 3. The van der Waals surface area contributed by atoms with Crippen molar-refractivity contribution in [3.63, 3.8) is 0 Å². The first kappa shape index (κ1) is 17.8. The molecule has 6 nitrogen and oxygen atoms in total. The third kappa shape index (κ3) is 4.27. The molecule has 0 saturated carbocycles. The number of morpholine rings is 1. The third-order valence-corrected chi connectivity index (χ3v) is 3.75. The van der Waals surface area contributed by atoms with Gasteiger partial charge < -0.3 is 19.3 Å². The molecule has 2 atom stereocenters. The molecule has 9 heteroatoms. The zero-order chi connectivity index (χ0) is 17.4. The standard InChI is InChI=1S/C14H21F3N2O4/c1-13(2,3)23-12(21)19-6-7-22-10-8-18(5-4-9(10)19)11(20)14(15,16)17/h9-10H,4-8H2,1-3H3/t9-,10-/m1/s1. The number of halogens is 3. The molecule has 2 fully saturated rings. The molecule has 0 bridgehead atoms. The summed E-state index contributed by atoms with van der Waals surface area (Å²) in [5, 5.41) is 0. The van der Waals surface area contributed by atoms with Gasteiger partial charge in [-0.3, -0.25) is 4.79 Å². The Morgan fingerprint density at radius 1 is 1.17 bits per heavy atom. The van der Waals surface area contributed by atoms with Crippen molar-refractivity contribution in [2.45, 2.75) is 51.1 Å². The van der Waals surface area contributed by atoms with Crippen LogP contribution in [-0.4, -0.2) is 72.0 Å². The summed E-state index contributed by atoms with van der Waals surface area (Å²) in [6.45, 7) is 5.51. The van der Waals surface area contributed by atoms with Crippen LogP contribution >= 0.6 is 0 Å². The van der Waals surface area contributed by atoms with E-state index in [0.717, 1.165) is 4.90 Å². The summed E-state index contributed by atoms with van der Waals surface area (Å²) in [5.41, 5.74) is -0.655. The SMILES string of the molecule is CC(C)(C)OC(=O)N1CCO[C@@H]2CN(C(=O)C(F)(F)F)CC[C@H]21. The number of hydrogen-bond acceptors (Lipinski definition) is 4. The summed E-state index contributed by atoms with van der Waals surface area (Å²) in [4.78, 5) is 25.8. The fraction of sp³-hybridized carbons (Fsp3) is 0.857. The average Bonchev–Trinajstić information content (AvgIpc) is 2.42. The van der Waals surface area contributed by atoms with Crippen LogP contribution in [0.15, 0.2) is 0 Å². The number of amides is 2. The van der Waals surface area contributed by atoms with Crippen molar-refractivity contribution in [3.8, 4) is 0 Å². The number of carbonyl (C=O) groups is 2. The Balaban J connectivity index is 2.03. The molecule has 0 spiro atoms. The van der Waals surface area contributed by atoms with Gasteiger partial charge in [0, 0.05) is 19.6 Å². The van der Waals surface area contributed by atoms with Crippen LogP contribution < -0.4 is 0 Å². The molecule has 23 heavy (non-hydrogen) atoms. The number of carbonyl (C=O) groups excluding carboxylic acids is 2. The Morgan fingerprint density at radius 2 is 1.83 bits per heavy atom. The Kier molecular flexibility index (Phi) is 4.79.